The van der Waals surface area contributed by atoms with Gasteiger partial charge in [0.15, 0.2) is 0 Å². The summed E-state index contributed by atoms with van der Waals surface area (Å²) in [7, 11) is 0. The van der Waals surface area contributed by atoms with E-state index in [-0.39, 0.29) is 0 Å². The second kappa shape index (κ2) is 6.43. The number of aromatic nitrogens is 1. The third-order valence-electron chi connectivity index (χ3n) is 6.18. The monoisotopic (exact) mass is 433 g/mol. The Morgan fingerprint density at radius 2 is 1.89 bits per heavy atom. The van der Waals surface area contributed by atoms with Gasteiger partial charge in [-0.05, 0) is 0 Å². The molecule has 3 heterocycles. The Bertz CT molecular complexity index is 1270. The molecule has 0 saturated carbocycles. The summed E-state index contributed by atoms with van der Waals surface area (Å²) in [6, 6.07) is 13.4. The van der Waals surface area contributed by atoms with Gasteiger partial charge in [0.25, 0.3) is 0 Å². The Kier molecular flexibility index (Phi) is 3.85. The van der Waals surface area contributed by atoms with Gasteiger partial charge in [-0.15, -0.1) is 0 Å². The molecule has 140 valence electrons. The second-order valence-electron chi connectivity index (χ2n) is 7.88. The fraction of sp³-hybridized carbons (Fsp3) is 0.333. The summed E-state index contributed by atoms with van der Waals surface area (Å²) in [5, 5.41) is 3.62. The van der Waals surface area contributed by atoms with Crippen molar-refractivity contribution < 1.29 is 0 Å². The first-order valence-corrected chi connectivity index (χ1v) is 12.1. The Hall–Kier alpha value is -2.16. The van der Waals surface area contributed by atoms with Gasteiger partial charge in [-0.25, -0.2) is 0 Å². The first kappa shape index (κ1) is 16.8. The van der Waals surface area contributed by atoms with E-state index in [1.165, 1.54) is 75.0 Å². The Labute approximate surface area is 170 Å². The minimum atomic E-state index is 0.291. The fourth-order valence-corrected chi connectivity index (χ4v) is 7.51. The summed E-state index contributed by atoms with van der Waals surface area (Å²) in [6.45, 7) is 5.38. The molecule has 0 aromatic heterocycles. The van der Waals surface area contributed by atoms with Crippen LogP contribution in [0, 0.1) is 0 Å². The zero-order valence-corrected chi connectivity index (χ0v) is 17.9. The van der Waals surface area contributed by atoms with Crippen molar-refractivity contribution in [3.8, 4) is 10.1 Å². The van der Waals surface area contributed by atoms with Gasteiger partial charge in [0, 0.05) is 0 Å². The van der Waals surface area contributed by atoms with Gasteiger partial charge in [-0.3, -0.25) is 0 Å². The van der Waals surface area contributed by atoms with Crippen LogP contribution in [0.1, 0.15) is 30.9 Å². The molecule has 0 N–H and O–H groups in total. The average molecular weight is 432 g/mol. The average Bonchev–Trinajstić information content (AvgIpc) is 2.74. The predicted molar refractivity (Wildman–Crippen MR) is 118 cm³/mol. The van der Waals surface area contributed by atoms with E-state index in [1.54, 1.807) is 11.3 Å². The van der Waals surface area contributed by atoms with Crippen LogP contribution in [-0.2, 0) is 12.8 Å². The number of anilines is 1. The second-order valence-corrected chi connectivity index (χ2v) is 10.1. The van der Waals surface area contributed by atoms with E-state index in [9.17, 15) is 0 Å². The molecule has 2 aromatic carbocycles. The van der Waals surface area contributed by atoms with Crippen LogP contribution in [0.25, 0.3) is 30.7 Å². The minimum absolute atomic E-state index is 0.291. The number of rotatable bonds is 1. The van der Waals surface area contributed by atoms with Gasteiger partial charge >= 0.3 is 171 Å². The Morgan fingerprint density at radius 3 is 2.75 bits per heavy atom. The van der Waals surface area contributed by atoms with E-state index in [4.69, 9.17) is 9.98 Å². The van der Waals surface area contributed by atoms with Crippen LogP contribution in [0.5, 0.6) is 0 Å². The number of nitrogens with zero attached hydrogens (tertiary/aromatic N) is 3. The first-order valence-electron chi connectivity index (χ1n) is 10.4. The van der Waals surface area contributed by atoms with Crippen molar-refractivity contribution in [2.45, 2.75) is 32.6 Å². The molecular formula is C24H23N3Se. The van der Waals surface area contributed by atoms with Crippen LogP contribution in [0.2, 0.25) is 0 Å². The normalized spacial score (nSPS) is 16.9. The van der Waals surface area contributed by atoms with Gasteiger partial charge in [0.05, 0.1) is 0 Å². The van der Waals surface area contributed by atoms with Crippen molar-refractivity contribution in [2.24, 2.45) is 4.99 Å². The van der Waals surface area contributed by atoms with Crippen LogP contribution in [0.15, 0.2) is 41.4 Å². The van der Waals surface area contributed by atoms with Gasteiger partial charge in [-0.2, -0.15) is 0 Å². The molecule has 0 fully saturated rings. The SMILES string of the molecule is CCN=c1cc2[se]c3c4c5c(cc3nc-2c2ccccc12)CCCN5CCC4. The quantitative estimate of drug-likeness (QED) is 0.257. The molecule has 0 bridgehead atoms. The standard InChI is InChI=1S/C24H23N3Se/c1-2-25-19-14-21-22(17-9-4-3-8-16(17)19)26-20-13-15-7-5-11-27-12-6-10-18(23(15)27)24(20)28-21/h3-4,8-9,13-14H,2,5-7,10-12H2,1H3. The van der Waals surface area contributed by atoms with E-state index in [1.807, 2.05) is 0 Å². The topological polar surface area (TPSA) is 28.5 Å². The zero-order valence-electron chi connectivity index (χ0n) is 16.2. The van der Waals surface area contributed by atoms with Crippen molar-refractivity contribution >= 4 is 40.7 Å². The van der Waals surface area contributed by atoms with E-state index >= 15 is 0 Å². The number of hydrogen-bond donors (Lipinski definition) is 0. The van der Waals surface area contributed by atoms with Gasteiger partial charge in [0.1, 0.15) is 0 Å². The molecule has 4 heteroatoms. The number of hydrogen-bond acceptors (Lipinski definition) is 3. The van der Waals surface area contributed by atoms with Crippen LogP contribution in [0.4, 0.5) is 5.69 Å². The molecule has 0 amide bonds. The number of benzene rings is 3. The molecule has 0 unspecified atom stereocenters. The van der Waals surface area contributed by atoms with Gasteiger partial charge in [-0.1, -0.05) is 0 Å². The molecule has 2 aromatic rings. The fourth-order valence-electron chi connectivity index (χ4n) is 5.05. The maximum atomic E-state index is 5.26. The molecule has 28 heavy (non-hydrogen) atoms. The molecule has 3 nitrogen and oxygen atoms in total. The number of aryl methyl sites for hydroxylation is 2. The summed E-state index contributed by atoms with van der Waals surface area (Å²) < 4.78 is 2.93. The third-order valence-corrected chi connectivity index (χ3v) is 8.68. The van der Waals surface area contributed by atoms with E-state index in [0.29, 0.717) is 14.5 Å². The van der Waals surface area contributed by atoms with E-state index in [0.717, 1.165) is 11.9 Å². The number of fused-ring (bicyclic) bond motifs is 5. The summed E-state index contributed by atoms with van der Waals surface area (Å²) >= 11 is 0.291. The van der Waals surface area contributed by atoms with Crippen molar-refractivity contribution in [3.63, 3.8) is 0 Å². The van der Waals surface area contributed by atoms with Crippen molar-refractivity contribution in [1.29, 1.82) is 0 Å². The summed E-state index contributed by atoms with van der Waals surface area (Å²) in [4.78, 5) is 12.7. The first-order chi connectivity index (χ1) is 13.8. The van der Waals surface area contributed by atoms with Crippen molar-refractivity contribution in [1.82, 2.24) is 4.98 Å². The van der Waals surface area contributed by atoms with Gasteiger partial charge < -0.3 is 0 Å². The molecule has 0 atom stereocenters. The van der Waals surface area contributed by atoms with Gasteiger partial charge in [0.2, 0.25) is 0 Å². The Morgan fingerprint density at radius 1 is 1.07 bits per heavy atom. The summed E-state index contributed by atoms with van der Waals surface area (Å²) in [5.41, 5.74) is 7.14. The van der Waals surface area contributed by atoms with Crippen LogP contribution in [-0.4, -0.2) is 39.1 Å². The molecule has 0 saturated heterocycles. The molecule has 4 aliphatic rings. The zero-order chi connectivity index (χ0) is 18.7. The van der Waals surface area contributed by atoms with Crippen molar-refractivity contribution in [3.05, 3.63) is 52.9 Å². The van der Waals surface area contributed by atoms with E-state index in [2.05, 4.69) is 48.2 Å². The molecular weight excluding hydrogens is 409 g/mol. The predicted octanol–water partition coefficient (Wildman–Crippen LogP) is 4.17. The van der Waals surface area contributed by atoms with Crippen LogP contribution >= 0.6 is 0 Å². The third kappa shape index (κ3) is 2.41. The van der Waals surface area contributed by atoms with Crippen LogP contribution in [0.3, 0.4) is 0 Å². The molecule has 0 radical (unpaired) electrons. The van der Waals surface area contributed by atoms with E-state index < -0.39 is 0 Å². The maximum absolute atomic E-state index is 5.26. The molecule has 1 aliphatic carbocycles. The molecule has 0 spiro atoms. The molecule has 3 aliphatic heterocycles. The Balaban J connectivity index is 1.75. The summed E-state index contributed by atoms with van der Waals surface area (Å²) in [6.07, 6.45) is 4.97. The molecule has 6 rings (SSSR count). The van der Waals surface area contributed by atoms with Crippen LogP contribution < -0.4 is 10.3 Å². The van der Waals surface area contributed by atoms with Crippen molar-refractivity contribution in [2.75, 3.05) is 24.5 Å². The summed E-state index contributed by atoms with van der Waals surface area (Å²) in [5.74, 6) is 0.